The Labute approximate surface area is 146 Å². The van der Waals surface area contributed by atoms with Crippen molar-refractivity contribution in [3.8, 4) is 0 Å². The Bertz CT molecular complexity index is 529. The first-order valence-corrected chi connectivity index (χ1v) is 10.0. The van der Waals surface area contributed by atoms with Crippen molar-refractivity contribution in [2.45, 2.75) is 77.4 Å². The summed E-state index contributed by atoms with van der Waals surface area (Å²) in [4.78, 5) is 0. The lowest BCUT2D eigenvalue weighted by molar-refractivity contribution is -0.156. The molecule has 0 saturated heterocycles. The van der Waals surface area contributed by atoms with Crippen molar-refractivity contribution in [3.63, 3.8) is 0 Å². The molecule has 0 aromatic carbocycles. The van der Waals surface area contributed by atoms with E-state index in [1.165, 1.54) is 12.0 Å². The van der Waals surface area contributed by atoms with Crippen LogP contribution in [0.25, 0.3) is 0 Å². The molecular formula is C21H34O3. The van der Waals surface area contributed by atoms with Gasteiger partial charge in [0.15, 0.2) is 0 Å². The van der Waals surface area contributed by atoms with Gasteiger partial charge < -0.3 is 15.3 Å². The van der Waals surface area contributed by atoms with E-state index in [0.29, 0.717) is 23.7 Å². The van der Waals surface area contributed by atoms with Crippen LogP contribution in [-0.2, 0) is 0 Å². The predicted molar refractivity (Wildman–Crippen MR) is 94.3 cm³/mol. The van der Waals surface area contributed by atoms with Crippen LogP contribution in [0.2, 0.25) is 0 Å². The molecule has 24 heavy (non-hydrogen) atoms. The molecule has 4 fully saturated rings. The second-order valence-corrected chi connectivity index (χ2v) is 9.68. The lowest BCUT2D eigenvalue weighted by Gasteiger charge is -2.61. The minimum Gasteiger partial charge on any atom is -0.393 e. The summed E-state index contributed by atoms with van der Waals surface area (Å²) in [7, 11) is 0. The van der Waals surface area contributed by atoms with E-state index in [1.807, 2.05) is 6.08 Å². The molecule has 0 aromatic rings. The molecule has 136 valence electrons. The van der Waals surface area contributed by atoms with Gasteiger partial charge in [-0.05, 0) is 85.9 Å². The minimum atomic E-state index is -0.223. The quantitative estimate of drug-likeness (QED) is 0.645. The standard InChI is InChI=1S/C21H34O3/c1-20-8-5-13(7-10-22)11-17(20)18(23)12-14-15-3-4-19(24)21(15,2)9-6-16(14)20/h7,14-19,22-24H,3-6,8-12H2,1-2H3/t14-,15-,16+,17?,18?,19?,20+,21-/m0/s1. The molecule has 0 aliphatic heterocycles. The van der Waals surface area contributed by atoms with E-state index in [-0.39, 0.29) is 29.6 Å². The van der Waals surface area contributed by atoms with E-state index in [4.69, 9.17) is 0 Å². The van der Waals surface area contributed by atoms with Crippen LogP contribution in [0.1, 0.15) is 65.2 Å². The molecule has 0 aromatic heterocycles. The fraction of sp³-hybridized carbons (Fsp3) is 0.905. The lowest BCUT2D eigenvalue weighted by atomic mass is 9.44. The van der Waals surface area contributed by atoms with Crippen LogP contribution in [0.3, 0.4) is 0 Å². The van der Waals surface area contributed by atoms with Crippen molar-refractivity contribution in [2.24, 2.45) is 34.5 Å². The van der Waals surface area contributed by atoms with Gasteiger partial charge in [-0.25, -0.2) is 0 Å². The van der Waals surface area contributed by atoms with Crippen LogP contribution >= 0.6 is 0 Å². The van der Waals surface area contributed by atoms with Gasteiger partial charge in [-0.15, -0.1) is 0 Å². The summed E-state index contributed by atoms with van der Waals surface area (Å²) in [5.74, 6) is 2.22. The number of rotatable bonds is 1. The third kappa shape index (κ3) is 2.27. The molecule has 0 heterocycles. The first kappa shape index (κ1) is 17.1. The van der Waals surface area contributed by atoms with Gasteiger partial charge in [0.1, 0.15) is 0 Å². The van der Waals surface area contributed by atoms with Crippen LogP contribution in [-0.4, -0.2) is 34.1 Å². The lowest BCUT2D eigenvalue weighted by Crippen LogP contribution is -2.57. The molecule has 0 radical (unpaired) electrons. The molecule has 3 heteroatoms. The third-order valence-corrected chi connectivity index (χ3v) is 8.91. The van der Waals surface area contributed by atoms with Crippen molar-refractivity contribution in [1.29, 1.82) is 0 Å². The maximum Gasteiger partial charge on any atom is 0.0615 e. The summed E-state index contributed by atoms with van der Waals surface area (Å²) in [6.45, 7) is 4.86. The van der Waals surface area contributed by atoms with Gasteiger partial charge in [-0.3, -0.25) is 0 Å². The zero-order valence-electron chi connectivity index (χ0n) is 15.2. The van der Waals surface area contributed by atoms with Gasteiger partial charge in [0.25, 0.3) is 0 Å². The molecule has 0 bridgehead atoms. The summed E-state index contributed by atoms with van der Waals surface area (Å²) in [5.41, 5.74) is 1.65. The molecule has 4 aliphatic rings. The summed E-state index contributed by atoms with van der Waals surface area (Å²) >= 11 is 0. The first-order valence-electron chi connectivity index (χ1n) is 10.0. The van der Waals surface area contributed by atoms with Crippen molar-refractivity contribution in [3.05, 3.63) is 11.6 Å². The van der Waals surface area contributed by atoms with Crippen molar-refractivity contribution in [2.75, 3.05) is 6.61 Å². The highest BCUT2D eigenvalue weighted by Gasteiger charge is 2.61. The number of hydrogen-bond acceptors (Lipinski definition) is 3. The Kier molecular flexibility index (Phi) is 4.14. The van der Waals surface area contributed by atoms with Crippen molar-refractivity contribution in [1.82, 2.24) is 0 Å². The zero-order chi connectivity index (χ0) is 17.1. The molecule has 4 aliphatic carbocycles. The van der Waals surface area contributed by atoms with E-state index in [2.05, 4.69) is 13.8 Å². The number of fused-ring (bicyclic) bond motifs is 5. The average molecular weight is 335 g/mol. The Hall–Kier alpha value is -0.380. The highest BCUT2D eigenvalue weighted by Crippen LogP contribution is 2.66. The monoisotopic (exact) mass is 334 g/mol. The molecule has 4 saturated carbocycles. The number of aliphatic hydroxyl groups is 3. The summed E-state index contributed by atoms with van der Waals surface area (Å²) in [6, 6.07) is 0. The molecule has 8 atom stereocenters. The van der Waals surface area contributed by atoms with Crippen LogP contribution in [0, 0.1) is 34.5 Å². The highest BCUT2D eigenvalue weighted by molar-refractivity contribution is 5.17. The van der Waals surface area contributed by atoms with Gasteiger partial charge in [0.05, 0.1) is 18.8 Å². The van der Waals surface area contributed by atoms with Crippen LogP contribution in [0.4, 0.5) is 0 Å². The van der Waals surface area contributed by atoms with Crippen molar-refractivity contribution < 1.29 is 15.3 Å². The van der Waals surface area contributed by atoms with Crippen LogP contribution < -0.4 is 0 Å². The predicted octanol–water partition coefficient (Wildman–Crippen LogP) is 3.28. The van der Waals surface area contributed by atoms with Gasteiger partial charge in [0, 0.05) is 0 Å². The summed E-state index contributed by atoms with van der Waals surface area (Å²) in [5, 5.41) is 30.8. The first-order chi connectivity index (χ1) is 11.4. The number of allylic oxidation sites excluding steroid dienone is 1. The average Bonchev–Trinajstić information content (AvgIpc) is 2.85. The molecule has 0 spiro atoms. The Morgan fingerprint density at radius 3 is 2.50 bits per heavy atom. The molecule has 3 nitrogen and oxygen atoms in total. The smallest absolute Gasteiger partial charge is 0.0615 e. The second-order valence-electron chi connectivity index (χ2n) is 9.68. The molecular weight excluding hydrogens is 300 g/mol. The summed E-state index contributed by atoms with van der Waals surface area (Å²) in [6.07, 6.45) is 10.2. The highest BCUT2D eigenvalue weighted by atomic mass is 16.3. The number of aliphatic hydroxyl groups excluding tert-OH is 3. The molecule has 3 unspecified atom stereocenters. The fourth-order valence-corrected chi connectivity index (χ4v) is 7.43. The van der Waals surface area contributed by atoms with Gasteiger partial charge in [-0.2, -0.15) is 0 Å². The zero-order valence-corrected chi connectivity index (χ0v) is 15.2. The fourth-order valence-electron chi connectivity index (χ4n) is 7.43. The molecule has 0 amide bonds. The molecule has 3 N–H and O–H groups in total. The Morgan fingerprint density at radius 1 is 1.00 bits per heavy atom. The minimum absolute atomic E-state index is 0.0840. The second kappa shape index (κ2) is 5.82. The van der Waals surface area contributed by atoms with E-state index in [9.17, 15) is 15.3 Å². The van der Waals surface area contributed by atoms with Crippen LogP contribution in [0.15, 0.2) is 11.6 Å². The van der Waals surface area contributed by atoms with E-state index < -0.39 is 0 Å². The van der Waals surface area contributed by atoms with Gasteiger partial charge >= 0.3 is 0 Å². The molecule has 4 rings (SSSR count). The maximum absolute atomic E-state index is 11.0. The SMILES string of the molecule is C[C@]12CCC(=CCO)CC1C(O)C[C@@H]1[C@H]2CC[C@]2(C)C(O)CC[C@@H]12. The normalized spacial score (nSPS) is 55.8. The topological polar surface area (TPSA) is 60.7 Å². The maximum atomic E-state index is 11.0. The largest absolute Gasteiger partial charge is 0.393 e. The Morgan fingerprint density at radius 2 is 1.75 bits per heavy atom. The number of hydrogen-bond donors (Lipinski definition) is 3. The van der Waals surface area contributed by atoms with E-state index >= 15 is 0 Å². The van der Waals surface area contributed by atoms with Crippen molar-refractivity contribution >= 4 is 0 Å². The van der Waals surface area contributed by atoms with Gasteiger partial charge in [0.2, 0.25) is 0 Å². The third-order valence-electron chi connectivity index (χ3n) is 8.91. The van der Waals surface area contributed by atoms with Gasteiger partial charge in [-0.1, -0.05) is 25.5 Å². The van der Waals surface area contributed by atoms with E-state index in [0.717, 1.165) is 44.9 Å². The Balaban J connectivity index is 1.63. The van der Waals surface area contributed by atoms with E-state index in [1.54, 1.807) is 0 Å². The summed E-state index contributed by atoms with van der Waals surface area (Å²) < 4.78 is 0. The van der Waals surface area contributed by atoms with Crippen LogP contribution in [0.5, 0.6) is 0 Å².